The molecule has 0 atom stereocenters. The Morgan fingerprint density at radius 1 is 1.14 bits per heavy atom. The smallest absolute Gasteiger partial charge is 0.269 e. The molecule has 6 nitrogen and oxygen atoms in total. The van der Waals surface area contributed by atoms with E-state index in [0.29, 0.717) is 25.6 Å². The first kappa shape index (κ1) is 17.1. The van der Waals surface area contributed by atoms with Crippen molar-refractivity contribution in [3.05, 3.63) is 29.6 Å². The maximum absolute atomic E-state index is 11.9. The van der Waals surface area contributed by atoms with Crippen molar-refractivity contribution in [2.45, 2.75) is 20.3 Å². The summed E-state index contributed by atoms with van der Waals surface area (Å²) in [5.41, 5.74) is 0.473. The number of nitrogens with zero attached hydrogens (tertiary/aromatic N) is 1. The van der Waals surface area contributed by atoms with Gasteiger partial charge in [-0.3, -0.25) is 9.59 Å². The first-order chi connectivity index (χ1) is 10.0. The van der Waals surface area contributed by atoms with E-state index in [2.05, 4.69) is 29.5 Å². The van der Waals surface area contributed by atoms with E-state index in [0.717, 1.165) is 6.42 Å². The minimum absolute atomic E-state index is 0.225. The number of hydrogen-bond donors (Lipinski definition) is 2. The highest BCUT2D eigenvalue weighted by atomic mass is 16.5. The van der Waals surface area contributed by atoms with Crippen molar-refractivity contribution in [1.82, 2.24) is 15.6 Å². The van der Waals surface area contributed by atoms with Crippen LogP contribution < -0.4 is 10.6 Å². The van der Waals surface area contributed by atoms with Crippen molar-refractivity contribution in [1.29, 1.82) is 0 Å². The number of rotatable bonds is 8. The van der Waals surface area contributed by atoms with Gasteiger partial charge in [-0.2, -0.15) is 0 Å². The van der Waals surface area contributed by atoms with Crippen LogP contribution in [0, 0.1) is 5.92 Å². The number of carbonyl (C=O) groups excluding carboxylic acids is 2. The molecule has 0 aromatic carbocycles. The first-order valence-electron chi connectivity index (χ1n) is 7.07. The monoisotopic (exact) mass is 293 g/mol. The third kappa shape index (κ3) is 6.35. The van der Waals surface area contributed by atoms with Crippen LogP contribution in [0.4, 0.5) is 0 Å². The molecule has 0 spiro atoms. The largest absolute Gasteiger partial charge is 0.383 e. The predicted octanol–water partition coefficient (Wildman–Crippen LogP) is 1.23. The fraction of sp³-hybridized carbons (Fsp3) is 0.533. The van der Waals surface area contributed by atoms with Crippen LogP contribution in [0.15, 0.2) is 18.2 Å². The summed E-state index contributed by atoms with van der Waals surface area (Å²) in [7, 11) is 1.56. The zero-order chi connectivity index (χ0) is 15.7. The van der Waals surface area contributed by atoms with Gasteiger partial charge in [0.1, 0.15) is 11.4 Å². The highest BCUT2D eigenvalue weighted by Gasteiger charge is 2.11. The van der Waals surface area contributed by atoms with Gasteiger partial charge in [-0.05, 0) is 24.5 Å². The van der Waals surface area contributed by atoms with Crippen molar-refractivity contribution in [3.63, 3.8) is 0 Å². The van der Waals surface area contributed by atoms with Crippen LogP contribution in [0.5, 0.6) is 0 Å². The van der Waals surface area contributed by atoms with Gasteiger partial charge in [0.15, 0.2) is 0 Å². The number of ether oxygens (including phenoxy) is 1. The summed E-state index contributed by atoms with van der Waals surface area (Å²) < 4.78 is 4.85. The van der Waals surface area contributed by atoms with Gasteiger partial charge in [-0.15, -0.1) is 0 Å². The molecule has 0 radical (unpaired) electrons. The van der Waals surface area contributed by atoms with E-state index in [9.17, 15) is 9.59 Å². The Hall–Kier alpha value is -1.95. The van der Waals surface area contributed by atoms with E-state index in [-0.39, 0.29) is 23.2 Å². The summed E-state index contributed by atoms with van der Waals surface area (Å²) in [4.78, 5) is 27.9. The number of pyridine rings is 1. The number of hydrogen-bond acceptors (Lipinski definition) is 4. The fourth-order valence-electron chi connectivity index (χ4n) is 1.61. The first-order valence-corrected chi connectivity index (χ1v) is 7.07. The summed E-state index contributed by atoms with van der Waals surface area (Å²) in [5, 5.41) is 5.46. The van der Waals surface area contributed by atoms with Gasteiger partial charge in [-0.1, -0.05) is 19.9 Å². The van der Waals surface area contributed by atoms with Gasteiger partial charge in [0.05, 0.1) is 6.61 Å². The second kappa shape index (κ2) is 9.07. The topological polar surface area (TPSA) is 80.3 Å². The Labute approximate surface area is 125 Å². The minimum Gasteiger partial charge on any atom is -0.383 e. The average Bonchev–Trinajstić information content (AvgIpc) is 2.47. The Morgan fingerprint density at radius 3 is 2.24 bits per heavy atom. The molecule has 1 aromatic heterocycles. The average molecular weight is 293 g/mol. The van der Waals surface area contributed by atoms with Crippen LogP contribution in [0.3, 0.4) is 0 Å². The number of methoxy groups -OCH3 is 1. The van der Waals surface area contributed by atoms with Crippen LogP contribution in [-0.2, 0) is 4.74 Å². The van der Waals surface area contributed by atoms with Gasteiger partial charge < -0.3 is 15.4 Å². The van der Waals surface area contributed by atoms with Gasteiger partial charge in [0.2, 0.25) is 0 Å². The zero-order valence-corrected chi connectivity index (χ0v) is 12.8. The van der Waals surface area contributed by atoms with Crippen molar-refractivity contribution in [2.24, 2.45) is 5.92 Å². The molecule has 0 aliphatic carbocycles. The van der Waals surface area contributed by atoms with Crippen LogP contribution >= 0.6 is 0 Å². The van der Waals surface area contributed by atoms with Gasteiger partial charge in [0.25, 0.3) is 11.8 Å². The van der Waals surface area contributed by atoms with Crippen LogP contribution in [0.25, 0.3) is 0 Å². The lowest BCUT2D eigenvalue weighted by molar-refractivity contribution is 0.0931. The van der Waals surface area contributed by atoms with Crippen molar-refractivity contribution >= 4 is 11.8 Å². The molecule has 2 amide bonds. The molecule has 0 bridgehead atoms. The summed E-state index contributed by atoms with van der Waals surface area (Å²) in [6.07, 6.45) is 0.906. The second-order valence-corrected chi connectivity index (χ2v) is 5.10. The summed E-state index contributed by atoms with van der Waals surface area (Å²) in [6.45, 7) is 5.62. The molecule has 1 heterocycles. The normalized spacial score (nSPS) is 10.5. The number of aromatic nitrogens is 1. The standard InChI is InChI=1S/C15H23N3O3/c1-11(2)7-8-16-14(19)12-5-4-6-13(18-12)15(20)17-9-10-21-3/h4-6,11H,7-10H2,1-3H3,(H,16,19)(H,17,20). The molecule has 1 rings (SSSR count). The van der Waals surface area contributed by atoms with E-state index in [1.807, 2.05) is 0 Å². The Kier molecular flexibility index (Phi) is 7.39. The van der Waals surface area contributed by atoms with E-state index < -0.39 is 0 Å². The SMILES string of the molecule is COCCNC(=O)c1cccc(C(=O)NCCC(C)C)n1. The molecule has 1 aromatic rings. The lowest BCUT2D eigenvalue weighted by Gasteiger charge is -2.08. The molecular weight excluding hydrogens is 270 g/mol. The molecule has 0 saturated carbocycles. The lowest BCUT2D eigenvalue weighted by atomic mass is 10.1. The van der Waals surface area contributed by atoms with E-state index in [1.54, 1.807) is 25.3 Å². The molecule has 6 heteroatoms. The van der Waals surface area contributed by atoms with Gasteiger partial charge >= 0.3 is 0 Å². The third-order valence-corrected chi connectivity index (χ3v) is 2.81. The Balaban J connectivity index is 2.58. The third-order valence-electron chi connectivity index (χ3n) is 2.81. The Morgan fingerprint density at radius 2 is 1.71 bits per heavy atom. The van der Waals surface area contributed by atoms with Crippen molar-refractivity contribution in [3.8, 4) is 0 Å². The molecule has 116 valence electrons. The number of nitrogens with one attached hydrogen (secondary N) is 2. The maximum atomic E-state index is 11.9. The molecule has 0 aliphatic heterocycles. The maximum Gasteiger partial charge on any atom is 0.269 e. The van der Waals surface area contributed by atoms with Crippen molar-refractivity contribution < 1.29 is 14.3 Å². The van der Waals surface area contributed by atoms with Crippen LogP contribution in [0.1, 0.15) is 41.2 Å². The molecule has 0 aliphatic rings. The summed E-state index contributed by atoms with van der Waals surface area (Å²) in [6, 6.07) is 4.82. The van der Waals surface area contributed by atoms with Crippen LogP contribution in [0.2, 0.25) is 0 Å². The van der Waals surface area contributed by atoms with E-state index >= 15 is 0 Å². The van der Waals surface area contributed by atoms with Crippen molar-refractivity contribution in [2.75, 3.05) is 26.8 Å². The quantitative estimate of drug-likeness (QED) is 0.707. The summed E-state index contributed by atoms with van der Waals surface area (Å²) in [5.74, 6) is -0.0535. The molecule has 0 unspecified atom stereocenters. The van der Waals surface area contributed by atoms with E-state index in [4.69, 9.17) is 4.74 Å². The Bertz CT molecular complexity index is 475. The van der Waals surface area contributed by atoms with Gasteiger partial charge in [0, 0.05) is 20.2 Å². The van der Waals surface area contributed by atoms with E-state index in [1.165, 1.54) is 0 Å². The second-order valence-electron chi connectivity index (χ2n) is 5.10. The fourth-order valence-corrected chi connectivity index (χ4v) is 1.61. The highest BCUT2D eigenvalue weighted by molar-refractivity contribution is 5.96. The molecule has 0 saturated heterocycles. The predicted molar refractivity (Wildman–Crippen MR) is 80.2 cm³/mol. The lowest BCUT2D eigenvalue weighted by Crippen LogP contribution is -2.30. The number of amides is 2. The molecule has 21 heavy (non-hydrogen) atoms. The summed E-state index contributed by atoms with van der Waals surface area (Å²) >= 11 is 0. The van der Waals surface area contributed by atoms with Crippen LogP contribution in [-0.4, -0.2) is 43.6 Å². The molecule has 0 fully saturated rings. The number of carbonyl (C=O) groups is 2. The minimum atomic E-state index is -0.316. The zero-order valence-electron chi connectivity index (χ0n) is 12.8. The molecular formula is C15H23N3O3. The highest BCUT2D eigenvalue weighted by Crippen LogP contribution is 2.01. The molecule has 2 N–H and O–H groups in total. The van der Waals surface area contributed by atoms with Gasteiger partial charge in [-0.25, -0.2) is 4.98 Å².